The van der Waals surface area contributed by atoms with Crippen molar-refractivity contribution in [2.75, 3.05) is 11.9 Å². The van der Waals surface area contributed by atoms with Crippen LogP contribution in [0.2, 0.25) is 0 Å². The SMILES string of the molecule is C=CCNC(=O)c1ccc(NCc2ccccc2CC)nc1. The van der Waals surface area contributed by atoms with Crippen molar-refractivity contribution in [1.29, 1.82) is 0 Å². The van der Waals surface area contributed by atoms with Gasteiger partial charge in [0.1, 0.15) is 5.82 Å². The number of rotatable bonds is 7. The average molecular weight is 295 g/mol. The first-order chi connectivity index (χ1) is 10.7. The number of benzene rings is 1. The highest BCUT2D eigenvalue weighted by molar-refractivity contribution is 5.94. The minimum Gasteiger partial charge on any atom is -0.366 e. The summed E-state index contributed by atoms with van der Waals surface area (Å²) in [5, 5.41) is 6.01. The van der Waals surface area contributed by atoms with E-state index in [-0.39, 0.29) is 5.91 Å². The van der Waals surface area contributed by atoms with Crippen molar-refractivity contribution >= 4 is 11.7 Å². The van der Waals surface area contributed by atoms with Crippen molar-refractivity contribution in [3.8, 4) is 0 Å². The molecule has 4 heteroatoms. The summed E-state index contributed by atoms with van der Waals surface area (Å²) in [7, 11) is 0. The van der Waals surface area contributed by atoms with Gasteiger partial charge >= 0.3 is 0 Å². The Morgan fingerprint density at radius 1 is 1.23 bits per heavy atom. The van der Waals surface area contributed by atoms with E-state index in [1.165, 1.54) is 11.1 Å². The molecule has 0 radical (unpaired) electrons. The number of amides is 1. The number of nitrogens with zero attached hydrogens (tertiary/aromatic N) is 1. The number of aryl methyl sites for hydroxylation is 1. The van der Waals surface area contributed by atoms with E-state index in [0.29, 0.717) is 12.1 Å². The van der Waals surface area contributed by atoms with Crippen molar-refractivity contribution in [2.24, 2.45) is 0 Å². The molecule has 0 atom stereocenters. The maximum Gasteiger partial charge on any atom is 0.253 e. The summed E-state index contributed by atoms with van der Waals surface area (Å²) in [6.07, 6.45) is 4.23. The molecule has 0 unspecified atom stereocenters. The Bertz CT molecular complexity index is 635. The van der Waals surface area contributed by atoms with E-state index in [2.05, 4.69) is 47.3 Å². The number of carbonyl (C=O) groups excluding carboxylic acids is 1. The number of pyridine rings is 1. The zero-order chi connectivity index (χ0) is 15.8. The average Bonchev–Trinajstić information content (AvgIpc) is 2.58. The van der Waals surface area contributed by atoms with Gasteiger partial charge < -0.3 is 10.6 Å². The summed E-state index contributed by atoms with van der Waals surface area (Å²) in [6.45, 7) is 6.89. The first-order valence-electron chi connectivity index (χ1n) is 7.40. The van der Waals surface area contributed by atoms with Gasteiger partial charge in [-0.15, -0.1) is 6.58 Å². The molecule has 0 spiro atoms. The van der Waals surface area contributed by atoms with Crippen molar-refractivity contribution in [1.82, 2.24) is 10.3 Å². The van der Waals surface area contributed by atoms with Crippen LogP contribution in [0, 0.1) is 0 Å². The highest BCUT2D eigenvalue weighted by atomic mass is 16.1. The van der Waals surface area contributed by atoms with Crippen LogP contribution in [-0.2, 0) is 13.0 Å². The van der Waals surface area contributed by atoms with Crippen LogP contribution in [0.3, 0.4) is 0 Å². The zero-order valence-corrected chi connectivity index (χ0v) is 12.8. The van der Waals surface area contributed by atoms with E-state index in [9.17, 15) is 4.79 Å². The van der Waals surface area contributed by atoms with Gasteiger partial charge in [-0.2, -0.15) is 0 Å². The lowest BCUT2D eigenvalue weighted by Gasteiger charge is -2.10. The Labute approximate surface area is 131 Å². The second-order valence-corrected chi connectivity index (χ2v) is 4.91. The van der Waals surface area contributed by atoms with Gasteiger partial charge in [-0.25, -0.2) is 4.98 Å². The van der Waals surface area contributed by atoms with E-state index < -0.39 is 0 Å². The van der Waals surface area contributed by atoms with Gasteiger partial charge in [-0.05, 0) is 29.7 Å². The maximum atomic E-state index is 11.8. The molecule has 0 aliphatic heterocycles. The first kappa shape index (κ1) is 15.8. The smallest absolute Gasteiger partial charge is 0.253 e. The quantitative estimate of drug-likeness (QED) is 0.771. The molecule has 0 saturated heterocycles. The van der Waals surface area contributed by atoms with Crippen molar-refractivity contribution in [3.05, 3.63) is 71.9 Å². The summed E-state index contributed by atoms with van der Waals surface area (Å²) in [5.41, 5.74) is 3.14. The number of carbonyl (C=O) groups is 1. The fourth-order valence-electron chi connectivity index (χ4n) is 2.16. The molecule has 2 rings (SSSR count). The van der Waals surface area contributed by atoms with Crippen LogP contribution in [0.1, 0.15) is 28.4 Å². The summed E-state index contributed by atoms with van der Waals surface area (Å²) >= 11 is 0. The van der Waals surface area contributed by atoms with Crippen LogP contribution in [0.4, 0.5) is 5.82 Å². The van der Waals surface area contributed by atoms with Gasteiger partial charge in [-0.3, -0.25) is 4.79 Å². The topological polar surface area (TPSA) is 54.0 Å². The van der Waals surface area contributed by atoms with Crippen molar-refractivity contribution in [3.63, 3.8) is 0 Å². The van der Waals surface area contributed by atoms with Crippen molar-refractivity contribution in [2.45, 2.75) is 19.9 Å². The molecule has 2 aromatic rings. The maximum absolute atomic E-state index is 11.8. The fourth-order valence-corrected chi connectivity index (χ4v) is 2.16. The van der Waals surface area contributed by atoms with Crippen LogP contribution in [-0.4, -0.2) is 17.4 Å². The van der Waals surface area contributed by atoms with E-state index >= 15 is 0 Å². The highest BCUT2D eigenvalue weighted by Crippen LogP contribution is 2.12. The summed E-state index contributed by atoms with van der Waals surface area (Å²) in [5.74, 6) is 0.612. The van der Waals surface area contributed by atoms with Crippen LogP contribution in [0.15, 0.2) is 55.3 Å². The van der Waals surface area contributed by atoms with Gasteiger partial charge in [0.15, 0.2) is 0 Å². The summed E-state index contributed by atoms with van der Waals surface area (Å²) in [4.78, 5) is 16.0. The van der Waals surface area contributed by atoms with Gasteiger partial charge in [0.25, 0.3) is 5.91 Å². The lowest BCUT2D eigenvalue weighted by Crippen LogP contribution is -2.23. The van der Waals surface area contributed by atoms with Gasteiger partial charge in [0.2, 0.25) is 0 Å². The molecular weight excluding hydrogens is 274 g/mol. The number of nitrogens with one attached hydrogen (secondary N) is 2. The molecule has 22 heavy (non-hydrogen) atoms. The van der Waals surface area contributed by atoms with Crippen LogP contribution < -0.4 is 10.6 Å². The first-order valence-corrected chi connectivity index (χ1v) is 7.40. The second kappa shape index (κ2) is 7.98. The van der Waals surface area contributed by atoms with E-state index in [4.69, 9.17) is 0 Å². The molecule has 114 valence electrons. The standard InChI is InChI=1S/C18H21N3O/c1-3-11-19-18(22)16-9-10-17(21-13-16)20-12-15-8-6-5-7-14(15)4-2/h3,5-10,13H,1,4,11-12H2,2H3,(H,19,22)(H,20,21). The van der Waals surface area contributed by atoms with Crippen LogP contribution in [0.5, 0.6) is 0 Å². The molecular formula is C18H21N3O. The van der Waals surface area contributed by atoms with Gasteiger partial charge in [-0.1, -0.05) is 37.3 Å². The lowest BCUT2D eigenvalue weighted by molar-refractivity contribution is 0.0957. The molecule has 4 nitrogen and oxygen atoms in total. The third-order valence-electron chi connectivity index (χ3n) is 3.39. The molecule has 0 aliphatic rings. The minimum atomic E-state index is -0.143. The normalized spacial score (nSPS) is 10.0. The largest absolute Gasteiger partial charge is 0.366 e. The Morgan fingerprint density at radius 2 is 2.00 bits per heavy atom. The predicted molar refractivity (Wildman–Crippen MR) is 89.9 cm³/mol. The number of anilines is 1. The molecule has 0 fully saturated rings. The molecule has 0 aliphatic carbocycles. The van der Waals surface area contributed by atoms with E-state index in [1.807, 2.05) is 12.1 Å². The summed E-state index contributed by atoms with van der Waals surface area (Å²) < 4.78 is 0. The van der Waals surface area contributed by atoms with Crippen molar-refractivity contribution < 1.29 is 4.79 Å². The third kappa shape index (κ3) is 4.19. The number of hydrogen-bond acceptors (Lipinski definition) is 3. The Balaban J connectivity index is 1.96. The molecule has 1 amide bonds. The van der Waals surface area contributed by atoms with E-state index in [0.717, 1.165) is 18.8 Å². The Hall–Kier alpha value is -2.62. The second-order valence-electron chi connectivity index (χ2n) is 4.91. The molecule has 1 aromatic heterocycles. The molecule has 0 saturated carbocycles. The van der Waals surface area contributed by atoms with E-state index in [1.54, 1.807) is 18.3 Å². The molecule has 0 bridgehead atoms. The third-order valence-corrected chi connectivity index (χ3v) is 3.39. The minimum absolute atomic E-state index is 0.143. The van der Waals surface area contributed by atoms with Gasteiger partial charge in [0, 0.05) is 19.3 Å². The Kier molecular flexibility index (Phi) is 5.72. The zero-order valence-electron chi connectivity index (χ0n) is 12.8. The monoisotopic (exact) mass is 295 g/mol. The van der Waals surface area contributed by atoms with Crippen LogP contribution >= 0.6 is 0 Å². The highest BCUT2D eigenvalue weighted by Gasteiger charge is 2.05. The number of hydrogen-bond donors (Lipinski definition) is 2. The van der Waals surface area contributed by atoms with Gasteiger partial charge in [0.05, 0.1) is 5.56 Å². The Morgan fingerprint density at radius 3 is 2.64 bits per heavy atom. The fraction of sp³-hybridized carbons (Fsp3) is 0.222. The summed E-state index contributed by atoms with van der Waals surface area (Å²) in [6, 6.07) is 11.9. The molecule has 1 aromatic carbocycles. The molecule has 2 N–H and O–H groups in total. The molecule has 1 heterocycles. The van der Waals surface area contributed by atoms with Crippen LogP contribution in [0.25, 0.3) is 0 Å². The predicted octanol–water partition coefficient (Wildman–Crippen LogP) is 3.17. The lowest BCUT2D eigenvalue weighted by atomic mass is 10.1. The number of aromatic nitrogens is 1.